The molecule has 6 nitrogen and oxygen atoms in total. The maximum absolute atomic E-state index is 13.3. The van der Waals surface area contributed by atoms with Crippen molar-refractivity contribution in [1.82, 2.24) is 4.90 Å². The van der Waals surface area contributed by atoms with Gasteiger partial charge in [-0.05, 0) is 42.0 Å². The number of amides is 1. The molecule has 1 atom stereocenters. The second-order valence-corrected chi connectivity index (χ2v) is 6.29. The molecule has 0 spiro atoms. The van der Waals surface area contributed by atoms with E-state index in [2.05, 4.69) is 0 Å². The normalized spacial score (nSPS) is 18.7. The highest BCUT2D eigenvalue weighted by molar-refractivity contribution is 6.46. The molecule has 27 heavy (non-hydrogen) atoms. The number of ketones is 1. The fraction of sp³-hybridized carbons (Fsp3) is 0.105. The molecule has 2 aromatic rings. The number of rotatable bonds is 4. The first-order valence-electron chi connectivity index (χ1n) is 7.79. The molecule has 0 bridgehead atoms. The van der Waals surface area contributed by atoms with Crippen LogP contribution in [0.4, 0.5) is 4.39 Å². The van der Waals surface area contributed by atoms with Gasteiger partial charge in [0, 0.05) is 10.6 Å². The van der Waals surface area contributed by atoms with E-state index in [1.165, 1.54) is 36.4 Å². The Morgan fingerprint density at radius 1 is 1.11 bits per heavy atom. The summed E-state index contributed by atoms with van der Waals surface area (Å²) in [5.74, 6) is -4.74. The first-order chi connectivity index (χ1) is 12.8. The molecule has 3 rings (SSSR count). The predicted octanol–water partition coefficient (Wildman–Crippen LogP) is 1.65. The number of carbonyl (C=O) groups is 3. The minimum Gasteiger partial charge on any atom is -0.548 e. The molecule has 1 N–H and O–H groups in total. The van der Waals surface area contributed by atoms with Crippen molar-refractivity contribution in [2.24, 2.45) is 0 Å². The summed E-state index contributed by atoms with van der Waals surface area (Å²) >= 11 is 5.81. The van der Waals surface area contributed by atoms with E-state index in [-0.39, 0.29) is 16.7 Å². The average Bonchev–Trinajstić information content (AvgIpc) is 2.87. The van der Waals surface area contributed by atoms with Gasteiger partial charge in [-0.1, -0.05) is 23.7 Å². The summed E-state index contributed by atoms with van der Waals surface area (Å²) in [4.78, 5) is 36.7. The van der Waals surface area contributed by atoms with Crippen molar-refractivity contribution in [1.29, 1.82) is 0 Å². The molecule has 0 saturated carbocycles. The highest BCUT2D eigenvalue weighted by atomic mass is 35.5. The van der Waals surface area contributed by atoms with Gasteiger partial charge in [0.15, 0.2) is 0 Å². The first kappa shape index (κ1) is 18.6. The van der Waals surface area contributed by atoms with Crippen LogP contribution in [-0.2, 0) is 14.4 Å². The van der Waals surface area contributed by atoms with Gasteiger partial charge in [-0.3, -0.25) is 9.59 Å². The molecule has 0 aromatic heterocycles. The van der Waals surface area contributed by atoms with Gasteiger partial charge in [-0.15, -0.1) is 0 Å². The number of nitrogens with zero attached hydrogens (tertiary/aromatic N) is 1. The smallest absolute Gasteiger partial charge is 0.295 e. The Balaban J connectivity index is 2.19. The molecule has 1 amide bonds. The number of benzene rings is 2. The van der Waals surface area contributed by atoms with Crippen molar-refractivity contribution < 1.29 is 29.0 Å². The number of aliphatic hydroxyl groups is 1. The standard InChI is InChI=1S/C19H13ClFNO5/c20-12-5-1-11(2-6-12)17(25)15-16(10-3-7-13(21)8-4-10)22(9-14(23)24)19(27)18(15)26/h1-8,16,25H,9H2,(H,23,24)/p-1/t16-/m0/s1. The summed E-state index contributed by atoms with van der Waals surface area (Å²) in [5.41, 5.74) is 0.195. The second kappa shape index (κ2) is 7.20. The highest BCUT2D eigenvalue weighted by Crippen LogP contribution is 2.39. The summed E-state index contributed by atoms with van der Waals surface area (Å²) in [6.45, 7) is -0.857. The number of aliphatic hydroxyl groups excluding tert-OH is 1. The maximum Gasteiger partial charge on any atom is 0.295 e. The van der Waals surface area contributed by atoms with Crippen molar-refractivity contribution in [3.05, 3.63) is 76.1 Å². The maximum atomic E-state index is 13.3. The number of hydrogen-bond donors (Lipinski definition) is 1. The minimum absolute atomic E-state index is 0.220. The lowest BCUT2D eigenvalue weighted by Gasteiger charge is -2.25. The van der Waals surface area contributed by atoms with Gasteiger partial charge >= 0.3 is 0 Å². The number of carbonyl (C=O) groups excluding carboxylic acids is 3. The van der Waals surface area contributed by atoms with E-state index in [0.717, 1.165) is 17.0 Å². The van der Waals surface area contributed by atoms with Crippen molar-refractivity contribution in [2.45, 2.75) is 6.04 Å². The fourth-order valence-electron chi connectivity index (χ4n) is 2.94. The summed E-state index contributed by atoms with van der Waals surface area (Å²) in [6, 6.07) is 9.51. The van der Waals surface area contributed by atoms with Gasteiger partial charge in [-0.25, -0.2) is 4.39 Å². The van der Waals surface area contributed by atoms with Crippen LogP contribution in [0.25, 0.3) is 5.76 Å². The number of Topliss-reactive ketones (excluding diaryl/α,β-unsaturated/α-hetero) is 1. The largest absolute Gasteiger partial charge is 0.548 e. The lowest BCUT2D eigenvalue weighted by molar-refractivity contribution is -0.306. The summed E-state index contributed by atoms with van der Waals surface area (Å²) in [7, 11) is 0. The van der Waals surface area contributed by atoms with Crippen LogP contribution in [0.15, 0.2) is 54.1 Å². The molecular formula is C19H12ClFNO5-. The van der Waals surface area contributed by atoms with Crippen LogP contribution in [-0.4, -0.2) is 34.2 Å². The van der Waals surface area contributed by atoms with E-state index in [4.69, 9.17) is 11.6 Å². The van der Waals surface area contributed by atoms with E-state index in [9.17, 15) is 29.0 Å². The van der Waals surface area contributed by atoms with Crippen LogP contribution in [0.1, 0.15) is 17.2 Å². The van der Waals surface area contributed by atoms with Crippen LogP contribution < -0.4 is 5.11 Å². The Hall–Kier alpha value is -3.19. The van der Waals surface area contributed by atoms with Crippen LogP contribution in [0.3, 0.4) is 0 Å². The molecule has 1 saturated heterocycles. The van der Waals surface area contributed by atoms with Crippen LogP contribution in [0.5, 0.6) is 0 Å². The molecule has 1 fully saturated rings. The van der Waals surface area contributed by atoms with E-state index in [1.54, 1.807) is 0 Å². The Kier molecular flexibility index (Phi) is 4.96. The average molecular weight is 389 g/mol. The van der Waals surface area contributed by atoms with Crippen molar-refractivity contribution in [3.8, 4) is 0 Å². The van der Waals surface area contributed by atoms with E-state index in [0.29, 0.717) is 5.02 Å². The van der Waals surface area contributed by atoms with Gasteiger partial charge in [-0.2, -0.15) is 0 Å². The molecule has 1 heterocycles. The number of halogens is 2. The van der Waals surface area contributed by atoms with E-state index < -0.39 is 41.8 Å². The summed E-state index contributed by atoms with van der Waals surface area (Å²) in [5, 5.41) is 22.1. The zero-order chi connectivity index (χ0) is 19.7. The number of hydrogen-bond acceptors (Lipinski definition) is 5. The molecule has 0 aliphatic carbocycles. The topological polar surface area (TPSA) is 97.7 Å². The third-order valence-electron chi connectivity index (χ3n) is 4.14. The molecular weight excluding hydrogens is 377 g/mol. The van der Waals surface area contributed by atoms with E-state index in [1.807, 2.05) is 0 Å². The van der Waals surface area contributed by atoms with E-state index >= 15 is 0 Å². The zero-order valence-corrected chi connectivity index (χ0v) is 14.4. The van der Waals surface area contributed by atoms with Gasteiger partial charge < -0.3 is 19.9 Å². The van der Waals surface area contributed by atoms with Crippen LogP contribution in [0.2, 0.25) is 5.02 Å². The lowest BCUT2D eigenvalue weighted by Crippen LogP contribution is -2.40. The number of aliphatic carboxylic acids is 1. The highest BCUT2D eigenvalue weighted by Gasteiger charge is 2.46. The van der Waals surface area contributed by atoms with Gasteiger partial charge in [0.2, 0.25) is 0 Å². The first-order valence-corrected chi connectivity index (χ1v) is 8.17. The van der Waals surface area contributed by atoms with Crippen molar-refractivity contribution in [3.63, 3.8) is 0 Å². The fourth-order valence-corrected chi connectivity index (χ4v) is 3.06. The molecule has 138 valence electrons. The quantitative estimate of drug-likeness (QED) is 0.488. The van der Waals surface area contributed by atoms with Crippen LogP contribution >= 0.6 is 11.6 Å². The molecule has 1 aliphatic rings. The Morgan fingerprint density at radius 3 is 2.26 bits per heavy atom. The lowest BCUT2D eigenvalue weighted by atomic mass is 9.95. The minimum atomic E-state index is -1.57. The summed E-state index contributed by atoms with van der Waals surface area (Å²) in [6.07, 6.45) is 0. The predicted molar refractivity (Wildman–Crippen MR) is 91.9 cm³/mol. The molecule has 2 aromatic carbocycles. The Labute approximate surface area is 158 Å². The molecule has 1 aliphatic heterocycles. The number of carboxylic acids is 1. The third kappa shape index (κ3) is 3.54. The second-order valence-electron chi connectivity index (χ2n) is 5.86. The Morgan fingerprint density at radius 2 is 1.70 bits per heavy atom. The van der Waals surface area contributed by atoms with Crippen molar-refractivity contribution >= 4 is 35.0 Å². The SMILES string of the molecule is O=C([O-])CN1C(=O)C(=O)C(=C(O)c2ccc(Cl)cc2)[C@@H]1c1ccc(F)cc1. The van der Waals surface area contributed by atoms with Gasteiger partial charge in [0.05, 0.1) is 24.1 Å². The molecule has 0 radical (unpaired) electrons. The Bertz CT molecular complexity index is 953. The molecule has 8 heteroatoms. The number of likely N-dealkylation sites (tertiary alicyclic amines) is 1. The van der Waals surface area contributed by atoms with Gasteiger partial charge in [0.1, 0.15) is 11.6 Å². The van der Waals surface area contributed by atoms with Crippen LogP contribution in [0, 0.1) is 5.82 Å². The zero-order valence-electron chi connectivity index (χ0n) is 13.7. The number of carboxylic acid groups (broad SMARTS) is 1. The molecule has 0 unspecified atom stereocenters. The van der Waals surface area contributed by atoms with Gasteiger partial charge in [0.25, 0.3) is 11.7 Å². The summed E-state index contributed by atoms with van der Waals surface area (Å²) < 4.78 is 13.3. The monoisotopic (exact) mass is 388 g/mol. The van der Waals surface area contributed by atoms with Crippen molar-refractivity contribution in [2.75, 3.05) is 6.54 Å². The third-order valence-corrected chi connectivity index (χ3v) is 4.39.